The number of halogens is 1. The van der Waals surface area contributed by atoms with Crippen LogP contribution in [-0.4, -0.2) is 29.6 Å². The molecule has 0 radical (unpaired) electrons. The molecule has 2 rings (SSSR count). The maximum atomic E-state index is 3.76. The largest absolute Gasteiger partial charge is 0.308 e. The molecule has 1 aromatic rings. The summed E-state index contributed by atoms with van der Waals surface area (Å²) in [6.07, 6.45) is 2.40. The van der Waals surface area contributed by atoms with E-state index in [1.807, 2.05) is 0 Å². The summed E-state index contributed by atoms with van der Waals surface area (Å²) in [6, 6.07) is 9.27. The van der Waals surface area contributed by atoms with Crippen molar-refractivity contribution < 1.29 is 0 Å². The van der Waals surface area contributed by atoms with Gasteiger partial charge in [-0.3, -0.25) is 4.90 Å². The number of piperazine rings is 1. The van der Waals surface area contributed by atoms with E-state index in [1.165, 1.54) is 22.9 Å². The lowest BCUT2D eigenvalue weighted by Crippen LogP contribution is -2.62. The molecule has 0 bridgehead atoms. The van der Waals surface area contributed by atoms with E-state index in [9.17, 15) is 0 Å². The Kier molecular flexibility index (Phi) is 5.04. The molecular formula is C16H25BrN2. The molecule has 19 heavy (non-hydrogen) atoms. The molecule has 1 atom stereocenters. The summed E-state index contributed by atoms with van der Waals surface area (Å²) in [4.78, 5) is 2.62. The maximum Gasteiger partial charge on any atom is 0.0304 e. The van der Waals surface area contributed by atoms with E-state index in [1.54, 1.807) is 0 Å². The van der Waals surface area contributed by atoms with Crippen LogP contribution in [0.2, 0.25) is 0 Å². The Morgan fingerprint density at radius 2 is 2.11 bits per heavy atom. The fourth-order valence-electron chi connectivity index (χ4n) is 2.90. The van der Waals surface area contributed by atoms with Crippen LogP contribution in [0.15, 0.2) is 28.7 Å². The second kappa shape index (κ2) is 6.38. The van der Waals surface area contributed by atoms with Gasteiger partial charge in [-0.1, -0.05) is 41.9 Å². The maximum absolute atomic E-state index is 3.76. The molecule has 0 amide bonds. The minimum absolute atomic E-state index is 0.304. The van der Waals surface area contributed by atoms with Crippen LogP contribution in [0.3, 0.4) is 0 Å². The third-order valence-corrected chi connectivity index (χ3v) is 5.02. The Hall–Kier alpha value is -0.380. The molecule has 3 heteroatoms. The SMILES string of the molecule is CCC1(CC)CN(Cc2cccc(Br)c2)C(C)CN1. The molecular weight excluding hydrogens is 300 g/mol. The zero-order valence-corrected chi connectivity index (χ0v) is 13.8. The summed E-state index contributed by atoms with van der Waals surface area (Å²) in [5.41, 5.74) is 1.70. The van der Waals surface area contributed by atoms with Crippen molar-refractivity contribution in [1.29, 1.82) is 0 Å². The minimum Gasteiger partial charge on any atom is -0.308 e. The third kappa shape index (κ3) is 3.59. The smallest absolute Gasteiger partial charge is 0.0304 e. The summed E-state index contributed by atoms with van der Waals surface area (Å²) in [7, 11) is 0. The number of hydrogen-bond acceptors (Lipinski definition) is 2. The van der Waals surface area contributed by atoms with Gasteiger partial charge in [0.05, 0.1) is 0 Å². The van der Waals surface area contributed by atoms with Gasteiger partial charge in [0.2, 0.25) is 0 Å². The molecule has 1 aromatic carbocycles. The first-order valence-corrected chi connectivity index (χ1v) is 8.11. The predicted octanol–water partition coefficient (Wildman–Crippen LogP) is 3.80. The van der Waals surface area contributed by atoms with Crippen LogP contribution in [0.1, 0.15) is 39.2 Å². The van der Waals surface area contributed by atoms with Crippen LogP contribution < -0.4 is 5.32 Å². The molecule has 1 fully saturated rings. The zero-order chi connectivity index (χ0) is 13.9. The van der Waals surface area contributed by atoms with Gasteiger partial charge in [-0.2, -0.15) is 0 Å². The van der Waals surface area contributed by atoms with Crippen molar-refractivity contribution in [3.63, 3.8) is 0 Å². The van der Waals surface area contributed by atoms with Crippen molar-refractivity contribution in [3.05, 3.63) is 34.3 Å². The Labute approximate surface area is 125 Å². The Morgan fingerprint density at radius 1 is 1.37 bits per heavy atom. The van der Waals surface area contributed by atoms with Crippen molar-refractivity contribution in [2.75, 3.05) is 13.1 Å². The molecule has 1 aliphatic heterocycles. The van der Waals surface area contributed by atoms with E-state index >= 15 is 0 Å². The number of hydrogen-bond donors (Lipinski definition) is 1. The molecule has 1 aliphatic rings. The summed E-state index contributed by atoms with van der Waals surface area (Å²) < 4.78 is 1.17. The van der Waals surface area contributed by atoms with Gasteiger partial charge in [0, 0.05) is 35.7 Å². The van der Waals surface area contributed by atoms with E-state index in [4.69, 9.17) is 0 Å². The van der Waals surface area contributed by atoms with Crippen molar-refractivity contribution >= 4 is 15.9 Å². The van der Waals surface area contributed by atoms with Crippen molar-refractivity contribution in [1.82, 2.24) is 10.2 Å². The molecule has 1 heterocycles. The van der Waals surface area contributed by atoms with Gasteiger partial charge in [-0.05, 0) is 37.5 Å². The van der Waals surface area contributed by atoms with Crippen LogP contribution in [0.25, 0.3) is 0 Å². The van der Waals surface area contributed by atoms with E-state index in [0.29, 0.717) is 11.6 Å². The summed E-state index contributed by atoms with van der Waals surface area (Å²) >= 11 is 3.56. The van der Waals surface area contributed by atoms with Gasteiger partial charge >= 0.3 is 0 Å². The monoisotopic (exact) mass is 324 g/mol. The van der Waals surface area contributed by atoms with Crippen LogP contribution in [0, 0.1) is 0 Å². The van der Waals surface area contributed by atoms with E-state index in [2.05, 4.69) is 71.2 Å². The second-order valence-corrected chi connectivity index (χ2v) is 6.67. The lowest BCUT2D eigenvalue weighted by molar-refractivity contribution is 0.0746. The lowest BCUT2D eigenvalue weighted by Gasteiger charge is -2.46. The molecule has 0 spiro atoms. The number of benzene rings is 1. The fraction of sp³-hybridized carbons (Fsp3) is 0.625. The highest BCUT2D eigenvalue weighted by molar-refractivity contribution is 9.10. The molecule has 106 valence electrons. The second-order valence-electron chi connectivity index (χ2n) is 5.75. The highest BCUT2D eigenvalue weighted by Crippen LogP contribution is 2.24. The Bertz CT molecular complexity index is 415. The van der Waals surface area contributed by atoms with Crippen LogP contribution >= 0.6 is 15.9 Å². The standard InChI is InChI=1S/C16H25BrN2/c1-4-16(5-2)12-19(13(3)10-18-16)11-14-7-6-8-15(17)9-14/h6-9,13,18H,4-5,10-12H2,1-3H3. The van der Waals surface area contributed by atoms with Gasteiger partial charge < -0.3 is 5.32 Å². The Morgan fingerprint density at radius 3 is 2.74 bits per heavy atom. The van der Waals surface area contributed by atoms with Crippen LogP contribution in [-0.2, 0) is 6.54 Å². The average Bonchev–Trinajstić information content (AvgIpc) is 2.42. The van der Waals surface area contributed by atoms with Crippen molar-refractivity contribution in [2.45, 2.75) is 51.7 Å². The fourth-order valence-corrected chi connectivity index (χ4v) is 3.35. The molecule has 1 unspecified atom stereocenters. The first-order valence-electron chi connectivity index (χ1n) is 7.32. The van der Waals surface area contributed by atoms with Gasteiger partial charge in [-0.15, -0.1) is 0 Å². The Balaban J connectivity index is 2.09. The molecule has 0 saturated carbocycles. The average molecular weight is 325 g/mol. The summed E-state index contributed by atoms with van der Waals surface area (Å²) in [5, 5.41) is 3.76. The molecule has 1 N–H and O–H groups in total. The number of nitrogens with zero attached hydrogens (tertiary/aromatic N) is 1. The van der Waals surface area contributed by atoms with Crippen LogP contribution in [0.4, 0.5) is 0 Å². The predicted molar refractivity (Wildman–Crippen MR) is 85.3 cm³/mol. The molecule has 0 aliphatic carbocycles. The highest BCUT2D eigenvalue weighted by Gasteiger charge is 2.34. The first kappa shape index (κ1) is 15.0. The number of nitrogens with one attached hydrogen (secondary N) is 1. The molecule has 0 aromatic heterocycles. The van der Waals surface area contributed by atoms with E-state index in [0.717, 1.165) is 19.6 Å². The summed E-state index contributed by atoms with van der Waals surface area (Å²) in [5.74, 6) is 0. The molecule has 1 saturated heterocycles. The van der Waals surface area contributed by atoms with Gasteiger partial charge in [0.15, 0.2) is 0 Å². The van der Waals surface area contributed by atoms with Gasteiger partial charge in [0.1, 0.15) is 0 Å². The summed E-state index contributed by atoms with van der Waals surface area (Å²) in [6.45, 7) is 10.2. The lowest BCUT2D eigenvalue weighted by atomic mass is 9.88. The van der Waals surface area contributed by atoms with Crippen molar-refractivity contribution in [2.24, 2.45) is 0 Å². The normalized spacial score (nSPS) is 23.5. The number of rotatable bonds is 4. The topological polar surface area (TPSA) is 15.3 Å². The van der Waals surface area contributed by atoms with Gasteiger partial charge in [-0.25, -0.2) is 0 Å². The van der Waals surface area contributed by atoms with Crippen molar-refractivity contribution in [3.8, 4) is 0 Å². The van der Waals surface area contributed by atoms with Gasteiger partial charge in [0.25, 0.3) is 0 Å². The third-order valence-electron chi connectivity index (χ3n) is 4.53. The first-order chi connectivity index (χ1) is 9.08. The minimum atomic E-state index is 0.304. The quantitative estimate of drug-likeness (QED) is 0.906. The highest BCUT2D eigenvalue weighted by atomic mass is 79.9. The zero-order valence-electron chi connectivity index (χ0n) is 12.2. The van der Waals surface area contributed by atoms with Crippen LogP contribution in [0.5, 0.6) is 0 Å². The van der Waals surface area contributed by atoms with E-state index in [-0.39, 0.29) is 0 Å². The van der Waals surface area contributed by atoms with E-state index < -0.39 is 0 Å². The molecule has 2 nitrogen and oxygen atoms in total.